The van der Waals surface area contributed by atoms with Crippen molar-refractivity contribution < 1.29 is 12.8 Å². The molecule has 1 heterocycles. The molecule has 2 aromatic carbocycles. The van der Waals surface area contributed by atoms with Gasteiger partial charge in [0, 0.05) is 4.70 Å². The van der Waals surface area contributed by atoms with Gasteiger partial charge in [0.2, 0.25) is 0 Å². The summed E-state index contributed by atoms with van der Waals surface area (Å²) >= 11 is 1.35. The molecule has 0 saturated heterocycles. The highest BCUT2D eigenvalue weighted by Gasteiger charge is 2.25. The molecule has 6 heteroatoms. The zero-order valence-electron chi connectivity index (χ0n) is 11.6. The minimum Gasteiger partial charge on any atom is -0.254 e. The number of anilines is 1. The number of halogens is 1. The molecule has 0 atom stereocenters. The van der Waals surface area contributed by atoms with E-state index in [1.165, 1.54) is 23.5 Å². The van der Waals surface area contributed by atoms with Crippen LogP contribution in [0.5, 0.6) is 0 Å². The molecule has 0 saturated carbocycles. The summed E-state index contributed by atoms with van der Waals surface area (Å²) < 4.78 is 40.6. The van der Waals surface area contributed by atoms with Gasteiger partial charge in [-0.3, -0.25) is 4.31 Å². The summed E-state index contributed by atoms with van der Waals surface area (Å²) in [6.07, 6.45) is 0. The maximum absolute atomic E-state index is 12.9. The van der Waals surface area contributed by atoms with Crippen LogP contribution in [-0.4, -0.2) is 21.6 Å². The number of hydrogen-bond donors (Lipinski definition) is 0. The van der Waals surface area contributed by atoms with E-state index >= 15 is 0 Å². The lowest BCUT2D eigenvalue weighted by Crippen LogP contribution is -2.32. The Morgan fingerprint density at radius 3 is 2.36 bits per heavy atom. The molecule has 0 fully saturated rings. The first-order valence-corrected chi connectivity index (χ1v) is 9.01. The van der Waals surface area contributed by atoms with Crippen LogP contribution in [0.1, 0.15) is 0 Å². The minimum absolute atomic E-state index is 0.168. The van der Waals surface area contributed by atoms with Crippen molar-refractivity contribution in [3.8, 4) is 0 Å². The second kappa shape index (κ2) is 6.06. The van der Waals surface area contributed by atoms with Crippen molar-refractivity contribution >= 4 is 36.4 Å². The molecule has 114 valence electrons. The van der Waals surface area contributed by atoms with Crippen LogP contribution in [0.25, 0.3) is 10.1 Å². The number of fused-ring (bicyclic) bond motifs is 1. The van der Waals surface area contributed by atoms with Crippen LogP contribution in [0.15, 0.2) is 65.6 Å². The van der Waals surface area contributed by atoms with Gasteiger partial charge in [-0.25, -0.2) is 12.8 Å². The quantitative estimate of drug-likeness (QED) is 0.705. The topological polar surface area (TPSA) is 37.4 Å². The van der Waals surface area contributed by atoms with Gasteiger partial charge in [-0.15, -0.1) is 11.3 Å². The fraction of sp³-hybridized carbons (Fsp3) is 0.125. The fourth-order valence-electron chi connectivity index (χ4n) is 2.24. The van der Waals surface area contributed by atoms with Crippen molar-refractivity contribution in [1.82, 2.24) is 0 Å². The molecule has 0 N–H and O–H groups in total. The number of nitrogens with zero attached hydrogens (tertiary/aromatic N) is 1. The monoisotopic (exact) mass is 335 g/mol. The summed E-state index contributed by atoms with van der Waals surface area (Å²) in [4.78, 5) is 0.168. The lowest BCUT2D eigenvalue weighted by molar-refractivity contribution is 0.500. The molecule has 0 aliphatic heterocycles. The van der Waals surface area contributed by atoms with E-state index < -0.39 is 16.7 Å². The Balaban J connectivity index is 2.09. The van der Waals surface area contributed by atoms with E-state index in [9.17, 15) is 12.8 Å². The molecular formula is C16H14FNO2S2. The molecule has 1 aromatic heterocycles. The molecule has 0 amide bonds. The molecule has 22 heavy (non-hydrogen) atoms. The van der Waals surface area contributed by atoms with Crippen LogP contribution in [0.3, 0.4) is 0 Å². The highest BCUT2D eigenvalue weighted by molar-refractivity contribution is 7.93. The molecular weight excluding hydrogens is 321 g/mol. The first-order chi connectivity index (χ1) is 10.6. The van der Waals surface area contributed by atoms with Gasteiger partial charge in [-0.2, -0.15) is 0 Å². The molecule has 3 nitrogen and oxygen atoms in total. The van der Waals surface area contributed by atoms with Gasteiger partial charge >= 0.3 is 0 Å². The third-order valence-electron chi connectivity index (χ3n) is 3.28. The van der Waals surface area contributed by atoms with Gasteiger partial charge in [0.15, 0.2) is 0 Å². The lowest BCUT2D eigenvalue weighted by atomic mass is 10.3. The molecule has 3 rings (SSSR count). The van der Waals surface area contributed by atoms with E-state index in [0.717, 1.165) is 14.4 Å². The lowest BCUT2D eigenvalue weighted by Gasteiger charge is -2.21. The summed E-state index contributed by atoms with van der Waals surface area (Å²) in [6, 6.07) is 17.5. The van der Waals surface area contributed by atoms with Gasteiger partial charge in [0.1, 0.15) is 11.7 Å². The van der Waals surface area contributed by atoms with Crippen molar-refractivity contribution in [2.45, 2.75) is 4.90 Å². The molecule has 0 aliphatic carbocycles. The number of rotatable bonds is 5. The van der Waals surface area contributed by atoms with Crippen LogP contribution in [0.2, 0.25) is 0 Å². The summed E-state index contributed by atoms with van der Waals surface area (Å²) in [5.41, 5.74) is 0. The van der Waals surface area contributed by atoms with Crippen LogP contribution in [-0.2, 0) is 10.0 Å². The van der Waals surface area contributed by atoms with Gasteiger partial charge in [-0.05, 0) is 29.7 Å². The van der Waals surface area contributed by atoms with E-state index in [0.29, 0.717) is 5.00 Å². The second-order valence-corrected chi connectivity index (χ2v) is 7.63. The highest BCUT2D eigenvalue weighted by Crippen LogP contribution is 2.35. The van der Waals surface area contributed by atoms with Crippen LogP contribution >= 0.6 is 11.3 Å². The van der Waals surface area contributed by atoms with Gasteiger partial charge in [0.05, 0.1) is 11.4 Å². The van der Waals surface area contributed by atoms with Gasteiger partial charge < -0.3 is 0 Å². The predicted molar refractivity (Wildman–Crippen MR) is 88.8 cm³/mol. The van der Waals surface area contributed by atoms with E-state index in [1.54, 1.807) is 24.3 Å². The predicted octanol–water partition coefficient (Wildman–Crippen LogP) is 4.07. The summed E-state index contributed by atoms with van der Waals surface area (Å²) in [7, 11) is -3.76. The Bertz CT molecular complexity index is 842. The van der Waals surface area contributed by atoms with Gasteiger partial charge in [-0.1, -0.05) is 36.4 Å². The Kier molecular flexibility index (Phi) is 4.13. The molecule has 0 spiro atoms. The second-order valence-electron chi connectivity index (χ2n) is 4.70. The smallest absolute Gasteiger partial charge is 0.254 e. The first-order valence-electron chi connectivity index (χ1n) is 6.75. The van der Waals surface area contributed by atoms with Crippen molar-refractivity contribution in [3.05, 3.63) is 60.7 Å². The fourth-order valence-corrected chi connectivity index (χ4v) is 4.99. The maximum atomic E-state index is 12.9. The third-order valence-corrected chi connectivity index (χ3v) is 6.36. The average Bonchev–Trinajstić information content (AvgIpc) is 2.96. The minimum atomic E-state index is -3.76. The van der Waals surface area contributed by atoms with Gasteiger partial charge in [0.25, 0.3) is 10.0 Å². The van der Waals surface area contributed by atoms with Crippen LogP contribution in [0, 0.1) is 0 Å². The summed E-state index contributed by atoms with van der Waals surface area (Å²) in [6.45, 7) is -0.926. The Morgan fingerprint density at radius 1 is 1.00 bits per heavy atom. The Morgan fingerprint density at radius 2 is 1.68 bits per heavy atom. The van der Waals surface area contributed by atoms with Crippen molar-refractivity contribution in [1.29, 1.82) is 0 Å². The van der Waals surface area contributed by atoms with Crippen LogP contribution in [0.4, 0.5) is 9.39 Å². The van der Waals surface area contributed by atoms with E-state index in [4.69, 9.17) is 0 Å². The van der Waals surface area contributed by atoms with Crippen molar-refractivity contribution in [2.75, 3.05) is 17.5 Å². The summed E-state index contributed by atoms with van der Waals surface area (Å²) in [5.74, 6) is 0. The SMILES string of the molecule is O=S(=O)(c1ccccc1)N(CCF)c1cc2ccccc2s1. The Labute approximate surface area is 132 Å². The van der Waals surface area contributed by atoms with E-state index in [-0.39, 0.29) is 11.4 Å². The zero-order chi connectivity index (χ0) is 15.6. The molecule has 3 aromatic rings. The molecule has 0 bridgehead atoms. The first kappa shape index (κ1) is 15.0. The normalized spacial score (nSPS) is 11.7. The van der Waals surface area contributed by atoms with E-state index in [1.807, 2.05) is 24.3 Å². The summed E-state index contributed by atoms with van der Waals surface area (Å²) in [5, 5.41) is 1.48. The maximum Gasteiger partial charge on any atom is 0.265 e. The number of sulfonamides is 1. The molecule has 0 aliphatic rings. The third kappa shape index (κ3) is 2.71. The number of hydrogen-bond acceptors (Lipinski definition) is 3. The zero-order valence-corrected chi connectivity index (χ0v) is 13.3. The van der Waals surface area contributed by atoms with Crippen molar-refractivity contribution in [2.24, 2.45) is 0 Å². The number of thiophene rings is 1. The number of alkyl halides is 1. The number of benzene rings is 2. The van der Waals surface area contributed by atoms with Crippen LogP contribution < -0.4 is 4.31 Å². The molecule has 0 radical (unpaired) electrons. The molecule has 0 unspecified atom stereocenters. The largest absolute Gasteiger partial charge is 0.265 e. The Hall–Kier alpha value is -1.92. The highest BCUT2D eigenvalue weighted by atomic mass is 32.2. The van der Waals surface area contributed by atoms with E-state index in [2.05, 4.69) is 0 Å². The average molecular weight is 335 g/mol. The standard InChI is InChI=1S/C16H14FNO2S2/c17-10-11-18(22(19,20)14-7-2-1-3-8-14)16-12-13-6-4-5-9-15(13)21-16/h1-9,12H,10-11H2. The van der Waals surface area contributed by atoms with Crippen molar-refractivity contribution in [3.63, 3.8) is 0 Å².